The molecule has 0 aromatic heterocycles. The lowest BCUT2D eigenvalue weighted by molar-refractivity contribution is 0.102. The lowest BCUT2D eigenvalue weighted by Crippen LogP contribution is -2.27. The van der Waals surface area contributed by atoms with E-state index < -0.39 is 15.9 Å². The van der Waals surface area contributed by atoms with Crippen molar-refractivity contribution in [3.05, 3.63) is 77.9 Å². The summed E-state index contributed by atoms with van der Waals surface area (Å²) >= 11 is 0. The van der Waals surface area contributed by atoms with Gasteiger partial charge in [-0.15, -0.1) is 0 Å². The second-order valence-electron chi connectivity index (χ2n) is 6.81. The molecule has 31 heavy (non-hydrogen) atoms. The smallest absolute Gasteiger partial charge is 0.264 e. The molecule has 0 aliphatic carbocycles. The molecular weight excluding hydrogens is 416 g/mol. The van der Waals surface area contributed by atoms with Crippen LogP contribution in [0.3, 0.4) is 0 Å². The Morgan fingerprint density at radius 3 is 2.35 bits per heavy atom. The SMILES string of the molecule is COc1ccc(OC)c(NC(=O)c2cccc(S(=O)(=O)N(C)c3ccccc3C)c2)c1. The molecule has 8 heteroatoms. The number of carbonyl (C=O) groups excluding carboxylic acids is 1. The maximum Gasteiger partial charge on any atom is 0.264 e. The number of hydrogen-bond acceptors (Lipinski definition) is 5. The van der Waals surface area contributed by atoms with Gasteiger partial charge in [0.15, 0.2) is 0 Å². The number of nitrogens with one attached hydrogen (secondary N) is 1. The first-order valence-electron chi connectivity index (χ1n) is 9.46. The highest BCUT2D eigenvalue weighted by Crippen LogP contribution is 2.30. The van der Waals surface area contributed by atoms with Gasteiger partial charge in [0.1, 0.15) is 11.5 Å². The van der Waals surface area contributed by atoms with E-state index in [0.29, 0.717) is 22.9 Å². The lowest BCUT2D eigenvalue weighted by Gasteiger charge is -2.21. The minimum absolute atomic E-state index is 0.0171. The Labute approximate surface area is 182 Å². The van der Waals surface area contributed by atoms with Gasteiger partial charge in [0.05, 0.1) is 30.5 Å². The van der Waals surface area contributed by atoms with Crippen molar-refractivity contribution in [2.75, 3.05) is 30.9 Å². The molecule has 0 saturated carbocycles. The average Bonchev–Trinajstić information content (AvgIpc) is 2.78. The quantitative estimate of drug-likeness (QED) is 0.598. The van der Waals surface area contributed by atoms with Gasteiger partial charge >= 0.3 is 0 Å². The number of benzene rings is 3. The summed E-state index contributed by atoms with van der Waals surface area (Å²) in [5.41, 5.74) is 2.01. The third kappa shape index (κ3) is 4.64. The average molecular weight is 441 g/mol. The molecule has 3 aromatic carbocycles. The largest absolute Gasteiger partial charge is 0.497 e. The van der Waals surface area contributed by atoms with Crippen LogP contribution in [0.4, 0.5) is 11.4 Å². The van der Waals surface area contributed by atoms with Crippen LogP contribution in [0.2, 0.25) is 0 Å². The number of carbonyl (C=O) groups is 1. The van der Waals surface area contributed by atoms with Crippen LogP contribution in [0.25, 0.3) is 0 Å². The Morgan fingerprint density at radius 2 is 1.68 bits per heavy atom. The van der Waals surface area contributed by atoms with E-state index in [9.17, 15) is 13.2 Å². The van der Waals surface area contributed by atoms with Crippen LogP contribution in [0.1, 0.15) is 15.9 Å². The molecule has 7 nitrogen and oxygen atoms in total. The molecule has 0 unspecified atom stereocenters. The molecule has 0 bridgehead atoms. The summed E-state index contributed by atoms with van der Waals surface area (Å²) in [6.45, 7) is 1.84. The number of hydrogen-bond donors (Lipinski definition) is 1. The number of amides is 1. The Balaban J connectivity index is 1.91. The third-order valence-electron chi connectivity index (χ3n) is 4.86. The van der Waals surface area contributed by atoms with E-state index in [-0.39, 0.29) is 10.5 Å². The van der Waals surface area contributed by atoms with Crippen molar-refractivity contribution in [3.63, 3.8) is 0 Å². The fourth-order valence-corrected chi connectivity index (χ4v) is 4.41. The van der Waals surface area contributed by atoms with Crippen LogP contribution in [0.5, 0.6) is 11.5 Å². The molecule has 3 rings (SSSR count). The Hall–Kier alpha value is -3.52. The third-order valence-corrected chi connectivity index (χ3v) is 6.63. The predicted molar refractivity (Wildman–Crippen MR) is 121 cm³/mol. The van der Waals surface area contributed by atoms with Crippen LogP contribution < -0.4 is 19.1 Å². The van der Waals surface area contributed by atoms with Crippen molar-refractivity contribution in [2.24, 2.45) is 0 Å². The summed E-state index contributed by atoms with van der Waals surface area (Å²) in [7, 11) is 0.646. The second-order valence-corrected chi connectivity index (χ2v) is 8.78. The predicted octanol–water partition coefficient (Wildman–Crippen LogP) is 4.09. The first kappa shape index (κ1) is 22.2. The van der Waals surface area contributed by atoms with Crippen molar-refractivity contribution >= 4 is 27.3 Å². The van der Waals surface area contributed by atoms with E-state index in [4.69, 9.17) is 9.47 Å². The van der Waals surface area contributed by atoms with Crippen molar-refractivity contribution < 1.29 is 22.7 Å². The van der Waals surface area contributed by atoms with E-state index in [1.54, 1.807) is 36.4 Å². The van der Waals surface area contributed by atoms with Gasteiger partial charge < -0.3 is 14.8 Å². The molecule has 3 aromatic rings. The van der Waals surface area contributed by atoms with E-state index in [1.807, 2.05) is 19.1 Å². The number of nitrogens with zero attached hydrogens (tertiary/aromatic N) is 1. The van der Waals surface area contributed by atoms with E-state index >= 15 is 0 Å². The zero-order valence-electron chi connectivity index (χ0n) is 17.7. The summed E-state index contributed by atoms with van der Waals surface area (Å²) in [6.07, 6.45) is 0. The maximum absolute atomic E-state index is 13.2. The van der Waals surface area contributed by atoms with Gasteiger partial charge in [-0.05, 0) is 48.9 Å². The number of para-hydroxylation sites is 1. The maximum atomic E-state index is 13.2. The molecule has 0 atom stereocenters. The molecule has 0 aliphatic heterocycles. The highest BCUT2D eigenvalue weighted by atomic mass is 32.2. The molecule has 0 saturated heterocycles. The number of ether oxygens (including phenoxy) is 2. The fraction of sp³-hybridized carbons (Fsp3) is 0.174. The number of aryl methyl sites for hydroxylation is 1. The van der Waals surface area contributed by atoms with Crippen molar-refractivity contribution in [1.82, 2.24) is 0 Å². The van der Waals surface area contributed by atoms with Crippen molar-refractivity contribution in [1.29, 1.82) is 0 Å². The first-order chi connectivity index (χ1) is 14.8. The molecule has 1 amide bonds. The highest BCUT2D eigenvalue weighted by Gasteiger charge is 2.23. The molecule has 0 aliphatic rings. The number of methoxy groups -OCH3 is 2. The van der Waals surface area contributed by atoms with Gasteiger partial charge in [-0.1, -0.05) is 24.3 Å². The standard InChI is InChI=1S/C23H24N2O5S/c1-16-8-5-6-11-21(16)25(2)31(27,28)19-10-7-9-17(14-19)23(26)24-20-15-18(29-3)12-13-22(20)30-4/h5-15H,1-4H3,(H,24,26). The number of anilines is 2. The Morgan fingerprint density at radius 1 is 0.935 bits per heavy atom. The molecule has 0 heterocycles. The van der Waals surface area contributed by atoms with Gasteiger partial charge in [0.25, 0.3) is 15.9 Å². The molecule has 0 spiro atoms. The zero-order valence-corrected chi connectivity index (χ0v) is 18.6. The summed E-state index contributed by atoms with van der Waals surface area (Å²) in [4.78, 5) is 12.9. The normalized spacial score (nSPS) is 11.0. The van der Waals surface area contributed by atoms with Crippen LogP contribution in [-0.4, -0.2) is 35.6 Å². The molecule has 0 fully saturated rings. The Bertz CT molecular complexity index is 1210. The number of sulfonamides is 1. The van der Waals surface area contributed by atoms with Crippen LogP contribution in [0.15, 0.2) is 71.6 Å². The minimum Gasteiger partial charge on any atom is -0.497 e. The monoisotopic (exact) mass is 440 g/mol. The Kier molecular flexibility index (Phi) is 6.50. The van der Waals surface area contributed by atoms with Gasteiger partial charge in [-0.25, -0.2) is 8.42 Å². The van der Waals surface area contributed by atoms with Crippen molar-refractivity contribution in [2.45, 2.75) is 11.8 Å². The minimum atomic E-state index is -3.86. The molecule has 162 valence electrons. The van der Waals surface area contributed by atoms with Crippen LogP contribution in [0, 0.1) is 6.92 Å². The first-order valence-corrected chi connectivity index (χ1v) is 10.9. The number of rotatable bonds is 7. The summed E-state index contributed by atoms with van der Waals surface area (Å²) in [5.74, 6) is 0.534. The summed E-state index contributed by atoms with van der Waals surface area (Å²) in [6, 6.07) is 18.1. The van der Waals surface area contributed by atoms with Gasteiger partial charge in [-0.2, -0.15) is 0 Å². The van der Waals surface area contributed by atoms with E-state index in [2.05, 4.69) is 5.32 Å². The van der Waals surface area contributed by atoms with Crippen molar-refractivity contribution in [3.8, 4) is 11.5 Å². The molecular formula is C23H24N2O5S. The van der Waals surface area contributed by atoms with Gasteiger partial charge in [-0.3, -0.25) is 9.10 Å². The summed E-state index contributed by atoms with van der Waals surface area (Å²) < 4.78 is 38.0. The second kappa shape index (κ2) is 9.09. The molecule has 1 N–H and O–H groups in total. The summed E-state index contributed by atoms with van der Waals surface area (Å²) in [5, 5.41) is 2.75. The van der Waals surface area contributed by atoms with E-state index in [1.165, 1.54) is 43.8 Å². The van der Waals surface area contributed by atoms with Gasteiger partial charge in [0.2, 0.25) is 0 Å². The van der Waals surface area contributed by atoms with E-state index in [0.717, 1.165) is 5.56 Å². The van der Waals surface area contributed by atoms with Crippen LogP contribution >= 0.6 is 0 Å². The zero-order chi connectivity index (χ0) is 22.6. The fourth-order valence-electron chi connectivity index (χ4n) is 3.11. The van der Waals surface area contributed by atoms with Crippen LogP contribution in [-0.2, 0) is 10.0 Å². The van der Waals surface area contributed by atoms with Gasteiger partial charge in [0, 0.05) is 18.7 Å². The topological polar surface area (TPSA) is 84.9 Å². The molecule has 0 radical (unpaired) electrons. The lowest BCUT2D eigenvalue weighted by atomic mass is 10.2. The highest BCUT2D eigenvalue weighted by molar-refractivity contribution is 7.92.